The summed E-state index contributed by atoms with van der Waals surface area (Å²) in [6, 6.07) is 17.6. The third-order valence-electron chi connectivity index (χ3n) is 6.29. The number of rotatable bonds is 7. The quantitative estimate of drug-likeness (QED) is 0.505. The number of esters is 1. The van der Waals surface area contributed by atoms with Crippen LogP contribution >= 0.6 is 0 Å². The van der Waals surface area contributed by atoms with Crippen molar-refractivity contribution in [1.82, 2.24) is 5.32 Å². The fourth-order valence-corrected chi connectivity index (χ4v) is 4.70. The number of ether oxygens (including phenoxy) is 3. The van der Waals surface area contributed by atoms with Crippen LogP contribution in [0.15, 0.2) is 77.1 Å². The number of carbonyl (C=O) groups excluding carboxylic acids is 2. The molecule has 33 heavy (non-hydrogen) atoms. The van der Waals surface area contributed by atoms with E-state index < -0.39 is 11.9 Å². The van der Waals surface area contributed by atoms with Gasteiger partial charge in [-0.15, -0.1) is 0 Å². The van der Waals surface area contributed by atoms with Gasteiger partial charge in [0.15, 0.2) is 5.78 Å². The van der Waals surface area contributed by atoms with E-state index in [9.17, 15) is 9.59 Å². The molecule has 0 fully saturated rings. The molecule has 6 heteroatoms. The molecule has 0 bridgehead atoms. The van der Waals surface area contributed by atoms with Gasteiger partial charge in [-0.3, -0.25) is 4.79 Å². The molecule has 2 aliphatic rings. The first-order valence-electron chi connectivity index (χ1n) is 11.1. The molecule has 2 aromatic carbocycles. The maximum atomic E-state index is 13.5. The van der Waals surface area contributed by atoms with E-state index in [1.807, 2.05) is 49.4 Å². The molecular weight excluding hydrogens is 418 g/mol. The summed E-state index contributed by atoms with van der Waals surface area (Å²) in [7, 11) is 3.17. The van der Waals surface area contributed by atoms with E-state index >= 15 is 0 Å². The van der Waals surface area contributed by atoms with Crippen LogP contribution in [0.4, 0.5) is 0 Å². The second-order valence-corrected chi connectivity index (χ2v) is 8.33. The Balaban J connectivity index is 1.74. The van der Waals surface area contributed by atoms with Crippen molar-refractivity contribution in [3.63, 3.8) is 0 Å². The van der Waals surface area contributed by atoms with Crippen LogP contribution in [0.5, 0.6) is 5.75 Å². The van der Waals surface area contributed by atoms with E-state index in [0.29, 0.717) is 42.0 Å². The first-order valence-corrected chi connectivity index (χ1v) is 11.1. The molecule has 0 spiro atoms. The van der Waals surface area contributed by atoms with Gasteiger partial charge < -0.3 is 19.5 Å². The number of hydrogen-bond acceptors (Lipinski definition) is 6. The maximum absolute atomic E-state index is 13.5. The first kappa shape index (κ1) is 22.8. The van der Waals surface area contributed by atoms with Crippen LogP contribution in [0.1, 0.15) is 42.7 Å². The number of benzene rings is 2. The van der Waals surface area contributed by atoms with Crippen LogP contribution < -0.4 is 10.1 Å². The van der Waals surface area contributed by atoms with Crippen molar-refractivity contribution in [2.24, 2.45) is 0 Å². The standard InChI is InChI=1S/C27H29NO5/c1-17-24(27(30)33-14-13-31-2)25(19-9-11-21(32-3)12-10-19)26-22(28-17)15-20(16-23(26)29)18-7-5-4-6-8-18/h4-12,20,25,28H,13-16H2,1-3H3/t20-,25+/m1/s1. The Morgan fingerprint density at radius 1 is 0.970 bits per heavy atom. The number of Topliss-reactive ketones (excluding diaryl/α,β-unsaturated/α-hetero) is 1. The molecule has 0 unspecified atom stereocenters. The highest BCUT2D eigenvalue weighted by molar-refractivity contribution is 6.04. The fourth-order valence-electron chi connectivity index (χ4n) is 4.70. The zero-order valence-electron chi connectivity index (χ0n) is 19.2. The highest BCUT2D eigenvalue weighted by Crippen LogP contribution is 2.45. The number of dihydropyridines is 1. The number of nitrogens with one attached hydrogen (secondary N) is 1. The lowest BCUT2D eigenvalue weighted by atomic mass is 9.72. The minimum Gasteiger partial charge on any atom is -0.497 e. The summed E-state index contributed by atoms with van der Waals surface area (Å²) in [5.41, 5.74) is 4.70. The van der Waals surface area contributed by atoms with Gasteiger partial charge >= 0.3 is 5.97 Å². The SMILES string of the molecule is COCCOC(=O)C1=C(C)NC2=C(C(=O)C[C@H](c3ccccc3)C2)[C@H]1c1ccc(OC)cc1. The molecule has 1 N–H and O–H groups in total. The Hall–Kier alpha value is -3.38. The Labute approximate surface area is 194 Å². The summed E-state index contributed by atoms with van der Waals surface area (Å²) >= 11 is 0. The maximum Gasteiger partial charge on any atom is 0.336 e. The molecule has 1 aliphatic heterocycles. The minimum absolute atomic E-state index is 0.0492. The van der Waals surface area contributed by atoms with Gasteiger partial charge in [0.1, 0.15) is 12.4 Å². The van der Waals surface area contributed by atoms with Crippen molar-refractivity contribution in [3.8, 4) is 5.75 Å². The molecular formula is C27H29NO5. The molecule has 2 atom stereocenters. The van der Waals surface area contributed by atoms with Crippen LogP contribution in [0, 0.1) is 0 Å². The Kier molecular flexibility index (Phi) is 6.94. The lowest BCUT2D eigenvalue weighted by molar-refractivity contribution is -0.140. The molecule has 0 aromatic heterocycles. The van der Waals surface area contributed by atoms with Gasteiger partial charge in [-0.25, -0.2) is 4.79 Å². The monoisotopic (exact) mass is 447 g/mol. The minimum atomic E-state index is -0.494. The Morgan fingerprint density at radius 2 is 1.70 bits per heavy atom. The van der Waals surface area contributed by atoms with E-state index in [-0.39, 0.29) is 18.3 Å². The summed E-state index contributed by atoms with van der Waals surface area (Å²) in [4.78, 5) is 26.7. The Morgan fingerprint density at radius 3 is 2.36 bits per heavy atom. The summed E-state index contributed by atoms with van der Waals surface area (Å²) in [6.45, 7) is 2.32. The van der Waals surface area contributed by atoms with Crippen LogP contribution in [0.3, 0.4) is 0 Å². The van der Waals surface area contributed by atoms with E-state index in [0.717, 1.165) is 16.8 Å². The molecule has 0 saturated carbocycles. The normalized spacial score (nSPS) is 20.3. The fraction of sp³-hybridized carbons (Fsp3) is 0.333. The number of ketones is 1. The van der Waals surface area contributed by atoms with Crippen LogP contribution in [-0.4, -0.2) is 39.2 Å². The van der Waals surface area contributed by atoms with E-state index in [1.54, 1.807) is 14.2 Å². The summed E-state index contributed by atoms with van der Waals surface area (Å²) < 4.78 is 15.8. The average Bonchev–Trinajstić information content (AvgIpc) is 2.83. The summed E-state index contributed by atoms with van der Waals surface area (Å²) in [5.74, 6) is -0.0719. The van der Waals surface area contributed by atoms with Crippen molar-refractivity contribution in [2.75, 3.05) is 27.4 Å². The van der Waals surface area contributed by atoms with Gasteiger partial charge in [-0.1, -0.05) is 42.5 Å². The van der Waals surface area contributed by atoms with E-state index in [4.69, 9.17) is 14.2 Å². The van der Waals surface area contributed by atoms with Crippen LogP contribution in [-0.2, 0) is 19.1 Å². The van der Waals surface area contributed by atoms with Gasteiger partial charge in [-0.2, -0.15) is 0 Å². The van der Waals surface area contributed by atoms with E-state index in [2.05, 4.69) is 17.4 Å². The molecule has 6 nitrogen and oxygen atoms in total. The van der Waals surface area contributed by atoms with Crippen molar-refractivity contribution < 1.29 is 23.8 Å². The highest BCUT2D eigenvalue weighted by Gasteiger charge is 2.41. The van der Waals surface area contributed by atoms with Gasteiger partial charge in [0.25, 0.3) is 0 Å². The van der Waals surface area contributed by atoms with Crippen molar-refractivity contribution >= 4 is 11.8 Å². The molecule has 4 rings (SSSR count). The lowest BCUT2D eigenvalue weighted by Crippen LogP contribution is -2.36. The molecule has 2 aromatic rings. The third-order valence-corrected chi connectivity index (χ3v) is 6.29. The van der Waals surface area contributed by atoms with Crippen LogP contribution in [0.2, 0.25) is 0 Å². The molecule has 0 saturated heterocycles. The van der Waals surface area contributed by atoms with Gasteiger partial charge in [-0.05, 0) is 42.5 Å². The number of methoxy groups -OCH3 is 2. The highest BCUT2D eigenvalue weighted by atomic mass is 16.6. The zero-order valence-corrected chi connectivity index (χ0v) is 19.2. The zero-order chi connectivity index (χ0) is 23.4. The molecule has 0 amide bonds. The van der Waals surface area contributed by atoms with Crippen molar-refractivity contribution in [1.29, 1.82) is 0 Å². The number of carbonyl (C=O) groups is 2. The average molecular weight is 448 g/mol. The number of allylic oxidation sites excluding steroid dienone is 3. The topological polar surface area (TPSA) is 73.9 Å². The molecule has 1 aliphatic carbocycles. The van der Waals surface area contributed by atoms with E-state index in [1.165, 1.54) is 0 Å². The summed E-state index contributed by atoms with van der Waals surface area (Å²) in [6.07, 6.45) is 1.11. The second kappa shape index (κ2) is 10.0. The largest absolute Gasteiger partial charge is 0.497 e. The summed E-state index contributed by atoms with van der Waals surface area (Å²) in [5, 5.41) is 3.37. The third kappa shape index (κ3) is 4.71. The smallest absolute Gasteiger partial charge is 0.336 e. The molecule has 0 radical (unpaired) electrons. The predicted octanol–water partition coefficient (Wildman–Crippen LogP) is 4.25. The lowest BCUT2D eigenvalue weighted by Gasteiger charge is -2.36. The van der Waals surface area contributed by atoms with Gasteiger partial charge in [0, 0.05) is 36.4 Å². The molecule has 172 valence electrons. The molecule has 1 heterocycles. The van der Waals surface area contributed by atoms with Crippen LogP contribution in [0.25, 0.3) is 0 Å². The second-order valence-electron chi connectivity index (χ2n) is 8.33. The van der Waals surface area contributed by atoms with Gasteiger partial charge in [0.05, 0.1) is 19.3 Å². The van der Waals surface area contributed by atoms with Crippen molar-refractivity contribution in [2.45, 2.75) is 31.6 Å². The predicted molar refractivity (Wildman–Crippen MR) is 125 cm³/mol. The number of hydrogen-bond donors (Lipinski definition) is 1. The Bertz CT molecular complexity index is 1090. The van der Waals surface area contributed by atoms with Gasteiger partial charge in [0.2, 0.25) is 0 Å². The van der Waals surface area contributed by atoms with Crippen molar-refractivity contribution in [3.05, 3.63) is 88.3 Å². The first-order chi connectivity index (χ1) is 16.0.